The third kappa shape index (κ3) is 4.76. The maximum absolute atomic E-state index is 12.3. The molecule has 2 aromatic rings. The third-order valence-corrected chi connectivity index (χ3v) is 5.60. The average Bonchev–Trinajstić information content (AvgIpc) is 2.96. The van der Waals surface area contributed by atoms with Crippen molar-refractivity contribution >= 4 is 10.0 Å². The van der Waals surface area contributed by atoms with Crippen LogP contribution in [0.15, 0.2) is 46.1 Å². The summed E-state index contributed by atoms with van der Waals surface area (Å²) in [6, 6.07) is 10.9. The molecule has 0 saturated carbocycles. The third-order valence-electron chi connectivity index (χ3n) is 4.89. The first kappa shape index (κ1) is 22.9. The van der Waals surface area contributed by atoms with Gasteiger partial charge in [0.15, 0.2) is 11.8 Å². The molecule has 1 aliphatic rings. The van der Waals surface area contributed by atoms with Gasteiger partial charge < -0.3 is 14.6 Å². The van der Waals surface area contributed by atoms with Crippen LogP contribution in [0.25, 0.3) is 0 Å². The van der Waals surface area contributed by atoms with Gasteiger partial charge in [-0.3, -0.25) is 14.3 Å². The molecule has 166 valence electrons. The van der Waals surface area contributed by atoms with E-state index in [0.717, 1.165) is 16.4 Å². The fraction of sp³-hybridized carbons (Fsp3) is 0.421. The van der Waals surface area contributed by atoms with Crippen LogP contribution < -0.4 is 16.0 Å². The lowest BCUT2D eigenvalue weighted by Crippen LogP contribution is -2.60. The van der Waals surface area contributed by atoms with Crippen LogP contribution in [-0.2, 0) is 26.1 Å². The Morgan fingerprint density at radius 1 is 1.35 bits per heavy atom. The number of hydrogen-bond acceptors (Lipinski definition) is 8. The van der Waals surface area contributed by atoms with Crippen LogP contribution in [0.2, 0.25) is 0 Å². The number of aliphatic hydroxyl groups is 1. The minimum atomic E-state index is -3.96. The second kappa shape index (κ2) is 8.74. The van der Waals surface area contributed by atoms with E-state index in [4.69, 9.17) is 9.47 Å². The molecule has 11 nitrogen and oxygen atoms in total. The highest BCUT2D eigenvalue weighted by Crippen LogP contribution is 2.37. The number of rotatable bonds is 7. The van der Waals surface area contributed by atoms with Crippen LogP contribution in [0, 0.1) is 18.3 Å². The minimum Gasteiger partial charge on any atom is -0.385 e. The van der Waals surface area contributed by atoms with Crippen molar-refractivity contribution in [3.05, 3.63) is 68.5 Å². The molecule has 2 heterocycles. The standard InChI is InChI=1S/C19H22N4O7S/c1-12-8-23(18(26)21-16(12)25)17-15(24)19(11-20,22-31(2,27)28)14(30-17)10-29-9-13-6-4-3-5-7-13/h3-8,14-15,17,22,24H,9-10H2,1-2H3,(H,21,25,26)/t14-,15+,17-,19-/m1/s1. The number of hydrogen-bond donors (Lipinski definition) is 3. The van der Waals surface area contributed by atoms with Crippen molar-refractivity contribution in [2.75, 3.05) is 12.9 Å². The Bertz CT molecular complexity index is 1200. The number of nitriles is 1. The largest absolute Gasteiger partial charge is 0.385 e. The number of aryl methyl sites for hydroxylation is 1. The van der Waals surface area contributed by atoms with Crippen LogP contribution in [0.4, 0.5) is 0 Å². The molecule has 3 N–H and O–H groups in total. The van der Waals surface area contributed by atoms with Crippen molar-refractivity contribution in [2.45, 2.75) is 37.5 Å². The molecule has 1 aliphatic heterocycles. The van der Waals surface area contributed by atoms with E-state index in [2.05, 4.69) is 9.71 Å². The van der Waals surface area contributed by atoms with E-state index in [1.54, 1.807) is 6.07 Å². The van der Waals surface area contributed by atoms with Gasteiger partial charge in [-0.05, 0) is 12.5 Å². The zero-order valence-corrected chi connectivity index (χ0v) is 17.6. The Kier molecular flexibility index (Phi) is 6.44. The lowest BCUT2D eigenvalue weighted by atomic mass is 9.91. The first-order chi connectivity index (χ1) is 14.6. The van der Waals surface area contributed by atoms with Crippen molar-refractivity contribution in [1.29, 1.82) is 5.26 Å². The number of nitrogens with one attached hydrogen (secondary N) is 2. The summed E-state index contributed by atoms with van der Waals surface area (Å²) >= 11 is 0. The predicted octanol–water partition coefficient (Wildman–Crippen LogP) is -0.868. The van der Waals surface area contributed by atoms with Crippen molar-refractivity contribution in [2.24, 2.45) is 0 Å². The highest BCUT2D eigenvalue weighted by atomic mass is 32.2. The molecule has 1 aromatic carbocycles. The van der Waals surface area contributed by atoms with Gasteiger partial charge in [0.2, 0.25) is 10.0 Å². The van der Waals surface area contributed by atoms with Crippen LogP contribution in [-0.4, -0.2) is 53.7 Å². The lowest BCUT2D eigenvalue weighted by Gasteiger charge is -2.29. The van der Waals surface area contributed by atoms with Gasteiger partial charge in [0.05, 0.1) is 25.5 Å². The van der Waals surface area contributed by atoms with Crippen LogP contribution in [0.5, 0.6) is 0 Å². The zero-order valence-electron chi connectivity index (χ0n) is 16.8. The van der Waals surface area contributed by atoms with E-state index in [9.17, 15) is 28.4 Å². The molecule has 3 rings (SSSR count). The Labute approximate surface area is 177 Å². The van der Waals surface area contributed by atoms with Gasteiger partial charge in [0.25, 0.3) is 5.56 Å². The minimum absolute atomic E-state index is 0.152. The summed E-state index contributed by atoms with van der Waals surface area (Å²) in [5.74, 6) is 0. The summed E-state index contributed by atoms with van der Waals surface area (Å²) in [6.45, 7) is 1.35. The number of H-pyrrole nitrogens is 1. The summed E-state index contributed by atoms with van der Waals surface area (Å²) in [6.07, 6.45) is -2.47. The monoisotopic (exact) mass is 450 g/mol. The fourth-order valence-corrected chi connectivity index (χ4v) is 4.29. The Hall–Kier alpha value is -2.82. The second-order valence-electron chi connectivity index (χ2n) is 7.29. The molecule has 0 unspecified atom stereocenters. The van der Waals surface area contributed by atoms with Gasteiger partial charge in [-0.2, -0.15) is 9.98 Å². The van der Waals surface area contributed by atoms with Crippen molar-refractivity contribution in [3.8, 4) is 6.07 Å². The molecule has 1 fully saturated rings. The van der Waals surface area contributed by atoms with Crippen molar-refractivity contribution in [1.82, 2.24) is 14.3 Å². The Morgan fingerprint density at radius 3 is 2.65 bits per heavy atom. The normalized spacial score (nSPS) is 25.9. The number of aromatic amines is 1. The number of aromatic nitrogens is 2. The van der Waals surface area contributed by atoms with Gasteiger partial charge in [-0.1, -0.05) is 30.3 Å². The first-order valence-corrected chi connectivity index (χ1v) is 11.1. The van der Waals surface area contributed by atoms with Crippen molar-refractivity contribution < 1.29 is 23.0 Å². The molecule has 1 aromatic heterocycles. The molecule has 0 amide bonds. The average molecular weight is 450 g/mol. The number of ether oxygens (including phenoxy) is 2. The van der Waals surface area contributed by atoms with E-state index in [1.807, 2.05) is 30.3 Å². The molecule has 0 bridgehead atoms. The maximum Gasteiger partial charge on any atom is 0.330 e. The molecular weight excluding hydrogens is 428 g/mol. The summed E-state index contributed by atoms with van der Waals surface area (Å²) in [5.41, 5.74) is -2.62. The smallest absolute Gasteiger partial charge is 0.330 e. The van der Waals surface area contributed by atoms with Gasteiger partial charge in [-0.15, -0.1) is 0 Å². The summed E-state index contributed by atoms with van der Waals surface area (Å²) in [5, 5.41) is 20.8. The molecule has 12 heteroatoms. The zero-order chi connectivity index (χ0) is 22.8. The highest BCUT2D eigenvalue weighted by Gasteiger charge is 2.59. The van der Waals surface area contributed by atoms with Gasteiger partial charge >= 0.3 is 5.69 Å². The topological polar surface area (TPSA) is 164 Å². The van der Waals surface area contributed by atoms with Crippen LogP contribution in [0.3, 0.4) is 0 Å². The fourth-order valence-electron chi connectivity index (χ4n) is 3.38. The van der Waals surface area contributed by atoms with Crippen LogP contribution >= 0.6 is 0 Å². The second-order valence-corrected chi connectivity index (χ2v) is 9.04. The van der Waals surface area contributed by atoms with Gasteiger partial charge in [0.1, 0.15) is 12.2 Å². The molecule has 0 radical (unpaired) electrons. The molecule has 1 saturated heterocycles. The number of nitrogens with zero attached hydrogens (tertiary/aromatic N) is 2. The first-order valence-electron chi connectivity index (χ1n) is 9.25. The molecule has 0 aliphatic carbocycles. The number of sulfonamides is 1. The van der Waals surface area contributed by atoms with E-state index in [1.165, 1.54) is 13.1 Å². The van der Waals surface area contributed by atoms with E-state index in [-0.39, 0.29) is 18.8 Å². The molecule has 31 heavy (non-hydrogen) atoms. The Morgan fingerprint density at radius 2 is 2.03 bits per heavy atom. The maximum atomic E-state index is 12.3. The summed E-state index contributed by atoms with van der Waals surface area (Å²) in [4.78, 5) is 26.0. The SMILES string of the molecule is Cc1cn([C@@H]2O[C@H](COCc3ccccc3)[C@@](C#N)(NS(C)(=O)=O)[C@H]2O)c(=O)[nH]c1=O. The van der Waals surface area contributed by atoms with Crippen LogP contribution in [0.1, 0.15) is 17.4 Å². The molecule has 4 atom stereocenters. The Balaban J connectivity index is 1.94. The van der Waals surface area contributed by atoms with E-state index in [0.29, 0.717) is 0 Å². The van der Waals surface area contributed by atoms with E-state index >= 15 is 0 Å². The predicted molar refractivity (Wildman–Crippen MR) is 108 cm³/mol. The number of benzene rings is 1. The summed E-state index contributed by atoms with van der Waals surface area (Å²) in [7, 11) is -3.96. The lowest BCUT2D eigenvalue weighted by molar-refractivity contribution is -0.0675. The quantitative estimate of drug-likeness (QED) is 0.490. The van der Waals surface area contributed by atoms with Crippen molar-refractivity contribution in [3.63, 3.8) is 0 Å². The van der Waals surface area contributed by atoms with E-state index < -0.39 is 45.2 Å². The molecular formula is C19H22N4O7S. The number of aliphatic hydroxyl groups excluding tert-OH is 1. The molecule has 0 spiro atoms. The van der Waals surface area contributed by atoms with Gasteiger partial charge in [-0.25, -0.2) is 13.2 Å². The highest BCUT2D eigenvalue weighted by molar-refractivity contribution is 7.88. The van der Waals surface area contributed by atoms with Gasteiger partial charge in [0, 0.05) is 11.8 Å². The summed E-state index contributed by atoms with van der Waals surface area (Å²) < 4.78 is 38.3.